The lowest BCUT2D eigenvalue weighted by Crippen LogP contribution is -2.61. The second-order valence-corrected chi connectivity index (χ2v) is 9.89. The Labute approximate surface area is 153 Å². The summed E-state index contributed by atoms with van der Waals surface area (Å²) in [5, 5.41) is 0. The van der Waals surface area contributed by atoms with Gasteiger partial charge in [-0.2, -0.15) is 0 Å². The third-order valence-electron chi connectivity index (χ3n) is 5.32. The van der Waals surface area contributed by atoms with Crippen molar-refractivity contribution in [2.24, 2.45) is 5.92 Å². The van der Waals surface area contributed by atoms with Crippen molar-refractivity contribution in [1.82, 2.24) is 19.8 Å². The molecule has 0 spiro atoms. The van der Waals surface area contributed by atoms with E-state index in [0.29, 0.717) is 24.6 Å². The van der Waals surface area contributed by atoms with Crippen LogP contribution in [0.3, 0.4) is 0 Å². The second kappa shape index (κ2) is 6.35. The molecular formula is C18H24N4O3S. The Hall–Kier alpha value is -1.93. The highest BCUT2D eigenvalue weighted by molar-refractivity contribution is 7.91. The van der Waals surface area contributed by atoms with E-state index in [1.165, 1.54) is 0 Å². The maximum Gasteiger partial charge on any atom is 0.254 e. The van der Waals surface area contributed by atoms with Gasteiger partial charge in [0.25, 0.3) is 5.91 Å². The van der Waals surface area contributed by atoms with Crippen LogP contribution >= 0.6 is 0 Å². The Morgan fingerprint density at radius 1 is 1.27 bits per heavy atom. The number of imidazole rings is 1. The molecule has 4 rings (SSSR count). The molecule has 1 aromatic heterocycles. The fourth-order valence-corrected chi connectivity index (χ4v) is 6.22. The quantitative estimate of drug-likeness (QED) is 0.868. The van der Waals surface area contributed by atoms with Crippen LogP contribution in [0.4, 0.5) is 0 Å². The minimum Gasteiger partial charge on any atom is -0.345 e. The van der Waals surface area contributed by atoms with Gasteiger partial charge in [0.05, 0.1) is 34.9 Å². The average molecular weight is 376 g/mol. The zero-order valence-electron chi connectivity index (χ0n) is 15.1. The maximum absolute atomic E-state index is 13.1. The largest absolute Gasteiger partial charge is 0.345 e. The van der Waals surface area contributed by atoms with Crippen molar-refractivity contribution in [1.29, 1.82) is 0 Å². The lowest BCUT2D eigenvalue weighted by atomic mass is 10.0. The van der Waals surface area contributed by atoms with E-state index in [1.54, 1.807) is 23.4 Å². The zero-order valence-corrected chi connectivity index (χ0v) is 15.9. The van der Waals surface area contributed by atoms with Gasteiger partial charge >= 0.3 is 0 Å². The monoisotopic (exact) mass is 376 g/mol. The summed E-state index contributed by atoms with van der Waals surface area (Å²) >= 11 is 0. The summed E-state index contributed by atoms with van der Waals surface area (Å²) in [7, 11) is -3.12. The molecule has 2 saturated heterocycles. The molecule has 1 N–H and O–H groups in total. The number of nitrogens with one attached hydrogen (secondary N) is 1. The number of fused-ring (bicyclic) bond motifs is 2. The van der Waals surface area contributed by atoms with Crippen LogP contribution in [0.25, 0.3) is 11.0 Å². The summed E-state index contributed by atoms with van der Waals surface area (Å²) in [4.78, 5) is 24.3. The number of amides is 1. The minimum absolute atomic E-state index is 0.0598. The number of aromatic nitrogens is 2. The molecule has 1 amide bonds. The normalized spacial score (nSPS) is 25.7. The van der Waals surface area contributed by atoms with Crippen LogP contribution in [0.15, 0.2) is 24.5 Å². The molecule has 0 saturated carbocycles. The number of rotatable bonds is 3. The van der Waals surface area contributed by atoms with Crippen molar-refractivity contribution >= 4 is 26.8 Å². The number of sulfone groups is 1. The summed E-state index contributed by atoms with van der Waals surface area (Å²) in [5.74, 6) is 0.569. The Kier molecular flexibility index (Phi) is 4.27. The Morgan fingerprint density at radius 3 is 2.81 bits per heavy atom. The summed E-state index contributed by atoms with van der Waals surface area (Å²) in [6.07, 6.45) is 1.60. The van der Waals surface area contributed by atoms with E-state index < -0.39 is 9.84 Å². The minimum atomic E-state index is -3.12. The van der Waals surface area contributed by atoms with E-state index >= 15 is 0 Å². The van der Waals surface area contributed by atoms with Crippen LogP contribution in [0.1, 0.15) is 24.2 Å². The molecule has 2 fully saturated rings. The highest BCUT2D eigenvalue weighted by Crippen LogP contribution is 2.29. The van der Waals surface area contributed by atoms with Crippen molar-refractivity contribution < 1.29 is 13.2 Å². The number of piperazine rings is 1. The van der Waals surface area contributed by atoms with Gasteiger partial charge in [-0.3, -0.25) is 9.69 Å². The molecule has 7 nitrogen and oxygen atoms in total. The Bertz CT molecular complexity index is 937. The summed E-state index contributed by atoms with van der Waals surface area (Å²) in [5.41, 5.74) is 2.19. The van der Waals surface area contributed by atoms with Gasteiger partial charge in [-0.15, -0.1) is 0 Å². The molecule has 140 valence electrons. The molecule has 2 aliphatic heterocycles. The molecule has 8 heteroatoms. The second-order valence-electron chi connectivity index (χ2n) is 7.73. The third-order valence-corrected chi connectivity index (χ3v) is 7.02. The summed E-state index contributed by atoms with van der Waals surface area (Å²) in [6, 6.07) is 5.01. The number of nitrogens with zero attached hydrogens (tertiary/aromatic N) is 3. The molecule has 2 atom stereocenters. The molecule has 0 unspecified atom stereocenters. The van der Waals surface area contributed by atoms with Crippen molar-refractivity contribution in [3.63, 3.8) is 0 Å². The van der Waals surface area contributed by atoms with E-state index in [-0.39, 0.29) is 29.5 Å². The van der Waals surface area contributed by atoms with Gasteiger partial charge in [-0.1, -0.05) is 13.8 Å². The van der Waals surface area contributed by atoms with Crippen LogP contribution < -0.4 is 0 Å². The van der Waals surface area contributed by atoms with Crippen LogP contribution in [0.2, 0.25) is 0 Å². The average Bonchev–Trinajstić information content (AvgIpc) is 3.16. The topological polar surface area (TPSA) is 86.4 Å². The van der Waals surface area contributed by atoms with E-state index in [4.69, 9.17) is 0 Å². The molecule has 0 aliphatic carbocycles. The van der Waals surface area contributed by atoms with E-state index in [0.717, 1.165) is 17.6 Å². The molecule has 0 bridgehead atoms. The number of benzene rings is 1. The fraction of sp³-hybridized carbons (Fsp3) is 0.556. The first kappa shape index (κ1) is 17.5. The number of carbonyl (C=O) groups excluding carboxylic acids is 1. The SMILES string of the molecule is CC(C)CN1CCN(C(=O)c2ccc3nc[nH]c3c2)[C@@H]2CS(=O)(=O)C[C@@H]21. The predicted molar refractivity (Wildman–Crippen MR) is 99.8 cm³/mol. The first-order chi connectivity index (χ1) is 12.3. The van der Waals surface area contributed by atoms with Gasteiger partial charge in [-0.05, 0) is 24.1 Å². The van der Waals surface area contributed by atoms with Crippen LogP contribution in [0.5, 0.6) is 0 Å². The summed E-state index contributed by atoms with van der Waals surface area (Å²) < 4.78 is 24.6. The van der Waals surface area contributed by atoms with E-state index in [1.807, 2.05) is 6.07 Å². The standard InChI is InChI=1S/C18H24N4O3S/c1-12(2)8-21-5-6-22(17-10-26(24,25)9-16(17)21)18(23)13-3-4-14-15(7-13)20-11-19-14/h3-4,7,11-12,16-17H,5-6,8-10H2,1-2H3,(H,19,20)/t16-,17+/m0/s1. The van der Waals surface area contributed by atoms with Gasteiger partial charge in [0.1, 0.15) is 0 Å². The van der Waals surface area contributed by atoms with Crippen molar-refractivity contribution in [3.05, 3.63) is 30.1 Å². The number of H-pyrrole nitrogens is 1. The van der Waals surface area contributed by atoms with Crippen LogP contribution in [0, 0.1) is 5.92 Å². The Balaban J connectivity index is 1.62. The highest BCUT2D eigenvalue weighted by Gasteiger charge is 2.48. The van der Waals surface area contributed by atoms with Crippen molar-refractivity contribution in [2.75, 3.05) is 31.1 Å². The molecular weight excluding hydrogens is 352 g/mol. The number of hydrogen-bond acceptors (Lipinski definition) is 5. The molecule has 2 aliphatic rings. The van der Waals surface area contributed by atoms with E-state index in [9.17, 15) is 13.2 Å². The molecule has 1 aromatic carbocycles. The van der Waals surface area contributed by atoms with Gasteiger partial charge in [0, 0.05) is 31.2 Å². The lowest BCUT2D eigenvalue weighted by molar-refractivity contribution is 0.0297. The molecule has 26 heavy (non-hydrogen) atoms. The number of hydrogen-bond donors (Lipinski definition) is 1. The van der Waals surface area contributed by atoms with Crippen LogP contribution in [-0.2, 0) is 9.84 Å². The van der Waals surface area contributed by atoms with Gasteiger partial charge in [0.15, 0.2) is 9.84 Å². The first-order valence-corrected chi connectivity index (χ1v) is 10.8. The number of aromatic amines is 1. The maximum atomic E-state index is 13.1. The molecule has 2 aromatic rings. The molecule has 3 heterocycles. The Morgan fingerprint density at radius 2 is 2.04 bits per heavy atom. The fourth-order valence-electron chi connectivity index (χ4n) is 4.21. The van der Waals surface area contributed by atoms with Gasteiger partial charge in [-0.25, -0.2) is 13.4 Å². The first-order valence-electron chi connectivity index (χ1n) is 9.02. The van der Waals surface area contributed by atoms with E-state index in [2.05, 4.69) is 28.7 Å². The zero-order chi connectivity index (χ0) is 18.5. The smallest absolute Gasteiger partial charge is 0.254 e. The van der Waals surface area contributed by atoms with Crippen molar-refractivity contribution in [3.8, 4) is 0 Å². The third kappa shape index (κ3) is 3.12. The number of carbonyl (C=O) groups is 1. The van der Waals surface area contributed by atoms with Gasteiger partial charge < -0.3 is 9.88 Å². The predicted octanol–water partition coefficient (Wildman–Crippen LogP) is 1.14. The highest BCUT2D eigenvalue weighted by atomic mass is 32.2. The van der Waals surface area contributed by atoms with Crippen LogP contribution in [-0.4, -0.2) is 77.3 Å². The molecule has 0 radical (unpaired) electrons. The van der Waals surface area contributed by atoms with Crippen molar-refractivity contribution in [2.45, 2.75) is 25.9 Å². The van der Waals surface area contributed by atoms with Gasteiger partial charge in [0.2, 0.25) is 0 Å². The summed E-state index contributed by atoms with van der Waals surface area (Å²) in [6.45, 7) is 6.40. The lowest BCUT2D eigenvalue weighted by Gasteiger charge is -2.44.